The summed E-state index contributed by atoms with van der Waals surface area (Å²) in [5.41, 5.74) is 0.597. The lowest BCUT2D eigenvalue weighted by Gasteiger charge is -2.21. The molecule has 0 atom stereocenters. The summed E-state index contributed by atoms with van der Waals surface area (Å²) in [6, 6.07) is 0. The van der Waals surface area contributed by atoms with E-state index in [-0.39, 0.29) is 11.3 Å². The number of aromatic nitrogens is 2. The highest BCUT2D eigenvalue weighted by molar-refractivity contribution is 7.90. The van der Waals surface area contributed by atoms with Crippen molar-refractivity contribution in [2.75, 3.05) is 7.11 Å². The highest BCUT2D eigenvalue weighted by Gasteiger charge is 2.39. The summed E-state index contributed by atoms with van der Waals surface area (Å²) in [5.74, 6) is -0.650. The van der Waals surface area contributed by atoms with Gasteiger partial charge in [-0.05, 0) is 20.8 Å². The van der Waals surface area contributed by atoms with E-state index in [1.165, 1.54) is 21.0 Å². The molecule has 1 aromatic rings. The number of carbonyl (C=O) groups excluding carboxylic acids is 1. The smallest absolute Gasteiger partial charge is 0.341 e. The minimum Gasteiger partial charge on any atom is -0.465 e. The zero-order valence-electron chi connectivity index (χ0n) is 10.1. The first-order valence-electron chi connectivity index (χ1n) is 4.79. The maximum absolute atomic E-state index is 11.6. The van der Waals surface area contributed by atoms with E-state index in [9.17, 15) is 13.2 Å². The van der Waals surface area contributed by atoms with Crippen molar-refractivity contribution in [3.63, 3.8) is 0 Å². The zero-order chi connectivity index (χ0) is 13.4. The van der Waals surface area contributed by atoms with Crippen LogP contribution in [0.1, 0.15) is 35.6 Å². The quantitative estimate of drug-likeness (QED) is 0.745. The van der Waals surface area contributed by atoms with Crippen molar-refractivity contribution in [2.45, 2.75) is 25.5 Å². The predicted molar refractivity (Wildman–Crippen MR) is 60.8 cm³/mol. The SMILES string of the molecule is COC(=O)c1c(C)n[nH]c1C(C)(C)S(N)(=O)=O. The number of esters is 1. The van der Waals surface area contributed by atoms with Crippen LogP contribution in [0.5, 0.6) is 0 Å². The lowest BCUT2D eigenvalue weighted by molar-refractivity contribution is 0.0598. The molecule has 1 heterocycles. The van der Waals surface area contributed by atoms with Gasteiger partial charge in [-0.25, -0.2) is 18.4 Å². The van der Waals surface area contributed by atoms with Gasteiger partial charge in [0.15, 0.2) is 0 Å². The molecule has 0 amide bonds. The van der Waals surface area contributed by atoms with Gasteiger partial charge >= 0.3 is 5.97 Å². The van der Waals surface area contributed by atoms with Crippen LogP contribution in [-0.2, 0) is 19.5 Å². The fourth-order valence-electron chi connectivity index (χ4n) is 1.36. The van der Waals surface area contributed by atoms with E-state index in [2.05, 4.69) is 14.9 Å². The average molecular weight is 261 g/mol. The molecule has 1 rings (SSSR count). The number of ether oxygens (including phenoxy) is 1. The van der Waals surface area contributed by atoms with Crippen molar-refractivity contribution < 1.29 is 17.9 Å². The van der Waals surface area contributed by atoms with Gasteiger partial charge in [-0.3, -0.25) is 5.10 Å². The standard InChI is InChI=1S/C9H15N3O4S/c1-5-6(8(13)16-4)7(12-11-5)9(2,3)17(10,14)15/h1-4H3,(H,11,12)(H2,10,14,15). The molecule has 96 valence electrons. The molecule has 0 unspecified atom stereocenters. The Morgan fingerprint density at radius 1 is 1.47 bits per heavy atom. The van der Waals surface area contributed by atoms with Crippen molar-refractivity contribution in [1.29, 1.82) is 0 Å². The molecule has 1 aromatic heterocycles. The predicted octanol–water partition coefficient (Wildman–Crippen LogP) is 0.0283. The normalized spacial score (nSPS) is 12.5. The van der Waals surface area contributed by atoms with Crippen molar-refractivity contribution in [3.05, 3.63) is 17.0 Å². The molecule has 0 radical (unpaired) electrons. The number of sulfonamides is 1. The van der Waals surface area contributed by atoms with Crippen molar-refractivity contribution in [3.8, 4) is 0 Å². The van der Waals surface area contributed by atoms with Gasteiger partial charge < -0.3 is 4.74 Å². The van der Waals surface area contributed by atoms with Crippen molar-refractivity contribution in [2.24, 2.45) is 5.14 Å². The molecule has 17 heavy (non-hydrogen) atoms. The number of nitrogens with two attached hydrogens (primary N) is 1. The number of hydrogen-bond donors (Lipinski definition) is 2. The second-order valence-electron chi connectivity index (χ2n) is 4.11. The van der Waals surface area contributed by atoms with Crippen LogP contribution in [0.3, 0.4) is 0 Å². The first kappa shape index (κ1) is 13.7. The molecular formula is C9H15N3O4S. The van der Waals surface area contributed by atoms with E-state index in [1.54, 1.807) is 6.92 Å². The fourth-order valence-corrected chi connectivity index (χ4v) is 1.79. The molecule has 0 saturated carbocycles. The van der Waals surface area contributed by atoms with E-state index in [0.29, 0.717) is 5.69 Å². The number of aromatic amines is 1. The number of primary sulfonamides is 1. The monoisotopic (exact) mass is 261 g/mol. The summed E-state index contributed by atoms with van der Waals surface area (Å²) in [4.78, 5) is 11.6. The van der Waals surface area contributed by atoms with Gasteiger partial charge in [-0.15, -0.1) is 0 Å². The van der Waals surface area contributed by atoms with Gasteiger partial charge in [0.05, 0.1) is 18.5 Å². The van der Waals surface area contributed by atoms with Crippen LogP contribution in [0.25, 0.3) is 0 Å². The number of H-pyrrole nitrogens is 1. The summed E-state index contributed by atoms with van der Waals surface area (Å²) < 4.78 is 26.2. The molecule has 8 heteroatoms. The van der Waals surface area contributed by atoms with Crippen LogP contribution in [0.2, 0.25) is 0 Å². The van der Waals surface area contributed by atoms with E-state index >= 15 is 0 Å². The summed E-state index contributed by atoms with van der Waals surface area (Å²) in [6.07, 6.45) is 0. The molecular weight excluding hydrogens is 246 g/mol. The molecule has 7 nitrogen and oxygen atoms in total. The van der Waals surface area contributed by atoms with Crippen LogP contribution in [-0.4, -0.2) is 31.7 Å². The van der Waals surface area contributed by atoms with Crippen LogP contribution < -0.4 is 5.14 Å². The third-order valence-electron chi connectivity index (χ3n) is 2.65. The van der Waals surface area contributed by atoms with Crippen LogP contribution >= 0.6 is 0 Å². The Bertz CT molecular complexity index is 545. The van der Waals surface area contributed by atoms with Gasteiger partial charge in [0.1, 0.15) is 10.3 Å². The largest absolute Gasteiger partial charge is 0.465 e. The summed E-state index contributed by atoms with van der Waals surface area (Å²) >= 11 is 0. The van der Waals surface area contributed by atoms with E-state index in [4.69, 9.17) is 5.14 Å². The lowest BCUT2D eigenvalue weighted by Crippen LogP contribution is -2.37. The Hall–Kier alpha value is -1.41. The Morgan fingerprint density at radius 3 is 2.41 bits per heavy atom. The van der Waals surface area contributed by atoms with Crippen molar-refractivity contribution >= 4 is 16.0 Å². The minimum atomic E-state index is -3.89. The third-order valence-corrected chi connectivity index (χ3v) is 4.28. The number of aryl methyl sites for hydroxylation is 1. The highest BCUT2D eigenvalue weighted by Crippen LogP contribution is 2.30. The summed E-state index contributed by atoms with van der Waals surface area (Å²) in [6.45, 7) is 4.36. The minimum absolute atomic E-state index is 0.103. The van der Waals surface area contributed by atoms with Gasteiger partial charge in [0, 0.05) is 0 Å². The first-order valence-corrected chi connectivity index (χ1v) is 6.33. The van der Waals surface area contributed by atoms with Crippen LogP contribution in [0.4, 0.5) is 0 Å². The second kappa shape index (κ2) is 4.11. The number of carbonyl (C=O) groups is 1. The molecule has 0 saturated heterocycles. The Kier molecular flexibility index (Phi) is 3.30. The van der Waals surface area contributed by atoms with Gasteiger partial charge in [-0.1, -0.05) is 0 Å². The Balaban J connectivity index is 3.49. The van der Waals surface area contributed by atoms with E-state index < -0.39 is 20.7 Å². The Labute approximate surface area is 99.4 Å². The average Bonchev–Trinajstić information content (AvgIpc) is 2.57. The zero-order valence-corrected chi connectivity index (χ0v) is 10.9. The number of nitrogens with one attached hydrogen (secondary N) is 1. The number of nitrogens with zero attached hydrogens (tertiary/aromatic N) is 1. The third kappa shape index (κ3) is 2.18. The maximum Gasteiger partial charge on any atom is 0.341 e. The number of methoxy groups -OCH3 is 1. The topological polar surface area (TPSA) is 115 Å². The first-order chi connectivity index (χ1) is 7.63. The van der Waals surface area contributed by atoms with E-state index in [0.717, 1.165) is 0 Å². The molecule has 0 aliphatic carbocycles. The number of rotatable bonds is 3. The molecule has 0 aromatic carbocycles. The molecule has 0 spiro atoms. The lowest BCUT2D eigenvalue weighted by atomic mass is 10.0. The molecule has 0 aliphatic rings. The summed E-state index contributed by atoms with van der Waals surface area (Å²) in [5, 5.41) is 11.5. The molecule has 0 aliphatic heterocycles. The number of hydrogen-bond acceptors (Lipinski definition) is 5. The maximum atomic E-state index is 11.6. The second-order valence-corrected chi connectivity index (χ2v) is 6.22. The van der Waals surface area contributed by atoms with Crippen LogP contribution in [0.15, 0.2) is 0 Å². The van der Waals surface area contributed by atoms with Gasteiger partial charge in [0.25, 0.3) is 0 Å². The molecule has 3 N–H and O–H groups in total. The van der Waals surface area contributed by atoms with Gasteiger partial charge in [0.2, 0.25) is 10.0 Å². The Morgan fingerprint density at radius 2 is 2.00 bits per heavy atom. The fraction of sp³-hybridized carbons (Fsp3) is 0.556. The van der Waals surface area contributed by atoms with Gasteiger partial charge in [-0.2, -0.15) is 5.10 Å². The van der Waals surface area contributed by atoms with Crippen LogP contribution in [0, 0.1) is 6.92 Å². The highest BCUT2D eigenvalue weighted by atomic mass is 32.2. The van der Waals surface area contributed by atoms with E-state index in [1.807, 2.05) is 0 Å². The molecule has 0 bridgehead atoms. The molecule has 0 fully saturated rings. The summed E-state index contributed by atoms with van der Waals surface area (Å²) in [7, 11) is -2.67. The van der Waals surface area contributed by atoms with Crippen molar-refractivity contribution in [1.82, 2.24) is 10.2 Å².